The Hall–Kier alpha value is -4.06. The van der Waals surface area contributed by atoms with Gasteiger partial charge in [0.05, 0.1) is 29.7 Å². The highest BCUT2D eigenvalue weighted by Crippen LogP contribution is 2.36. The van der Waals surface area contributed by atoms with Crippen molar-refractivity contribution in [3.8, 4) is 11.5 Å². The summed E-state index contributed by atoms with van der Waals surface area (Å²) in [6, 6.07) is 21.9. The molecule has 0 saturated heterocycles. The number of hydrogen-bond acceptors (Lipinski definition) is 5. The second-order valence-corrected chi connectivity index (χ2v) is 8.28. The standard InChI is InChI=1S/C28H28N2O4/c1-5-33-24-9-7-6-8-23(24)29-26-25(20-12-10-19(4)11-13-20)27(31)30(28(26)32)21-14-16-22(17-15-21)34-18(2)3/h6-18,29H,5H2,1-4H3. The van der Waals surface area contributed by atoms with Crippen LogP contribution in [0.3, 0.4) is 0 Å². The van der Waals surface area contributed by atoms with Crippen LogP contribution in [0.15, 0.2) is 78.5 Å². The van der Waals surface area contributed by atoms with Crippen LogP contribution in [-0.4, -0.2) is 24.5 Å². The van der Waals surface area contributed by atoms with E-state index in [4.69, 9.17) is 9.47 Å². The average Bonchev–Trinajstić information content (AvgIpc) is 3.05. The second-order valence-electron chi connectivity index (χ2n) is 8.28. The minimum atomic E-state index is -0.426. The van der Waals surface area contributed by atoms with Gasteiger partial charge in [-0.3, -0.25) is 9.59 Å². The number of amides is 2. The first kappa shape index (κ1) is 23.1. The van der Waals surface area contributed by atoms with Crippen molar-refractivity contribution in [2.45, 2.75) is 33.8 Å². The maximum Gasteiger partial charge on any atom is 0.282 e. The number of anilines is 2. The van der Waals surface area contributed by atoms with Gasteiger partial charge in [0.15, 0.2) is 0 Å². The molecule has 0 aromatic heterocycles. The molecule has 3 aromatic carbocycles. The monoisotopic (exact) mass is 456 g/mol. The molecule has 0 radical (unpaired) electrons. The highest BCUT2D eigenvalue weighted by atomic mass is 16.5. The summed E-state index contributed by atoms with van der Waals surface area (Å²) in [7, 11) is 0. The van der Waals surface area contributed by atoms with E-state index in [-0.39, 0.29) is 17.7 Å². The fourth-order valence-electron chi connectivity index (χ4n) is 3.80. The summed E-state index contributed by atoms with van der Waals surface area (Å²) in [6.45, 7) is 8.23. The third kappa shape index (κ3) is 4.66. The first-order valence-corrected chi connectivity index (χ1v) is 11.3. The van der Waals surface area contributed by atoms with Crippen LogP contribution in [0.2, 0.25) is 0 Å². The lowest BCUT2D eigenvalue weighted by molar-refractivity contribution is -0.120. The Morgan fingerprint density at radius 2 is 1.56 bits per heavy atom. The van der Waals surface area contributed by atoms with Crippen molar-refractivity contribution < 1.29 is 19.1 Å². The molecule has 0 unspecified atom stereocenters. The Labute approximate surface area is 199 Å². The van der Waals surface area contributed by atoms with Crippen LogP contribution in [-0.2, 0) is 9.59 Å². The van der Waals surface area contributed by atoms with Gasteiger partial charge < -0.3 is 14.8 Å². The highest BCUT2D eigenvalue weighted by Gasteiger charge is 2.40. The normalized spacial score (nSPS) is 13.6. The summed E-state index contributed by atoms with van der Waals surface area (Å²) in [4.78, 5) is 28.4. The van der Waals surface area contributed by atoms with E-state index < -0.39 is 5.91 Å². The van der Waals surface area contributed by atoms with Gasteiger partial charge in [-0.15, -0.1) is 0 Å². The first-order chi connectivity index (χ1) is 16.4. The number of hydrogen-bond donors (Lipinski definition) is 1. The van der Waals surface area contributed by atoms with Gasteiger partial charge in [-0.1, -0.05) is 42.0 Å². The fraction of sp³-hybridized carbons (Fsp3) is 0.214. The average molecular weight is 457 g/mol. The number of nitrogens with one attached hydrogen (secondary N) is 1. The molecule has 0 spiro atoms. The van der Waals surface area contributed by atoms with Crippen LogP contribution in [0, 0.1) is 6.92 Å². The highest BCUT2D eigenvalue weighted by molar-refractivity contribution is 6.46. The molecule has 2 amide bonds. The predicted molar refractivity (Wildman–Crippen MR) is 134 cm³/mol. The van der Waals surface area contributed by atoms with Gasteiger partial charge >= 0.3 is 0 Å². The van der Waals surface area contributed by atoms with Gasteiger partial charge in [0.25, 0.3) is 11.8 Å². The minimum absolute atomic E-state index is 0.0249. The molecule has 0 atom stereocenters. The summed E-state index contributed by atoms with van der Waals surface area (Å²) in [6.07, 6.45) is 0.0249. The molecule has 34 heavy (non-hydrogen) atoms. The Morgan fingerprint density at radius 3 is 2.21 bits per heavy atom. The van der Waals surface area contributed by atoms with E-state index in [2.05, 4.69) is 5.32 Å². The zero-order chi connectivity index (χ0) is 24.2. The largest absolute Gasteiger partial charge is 0.492 e. The van der Waals surface area contributed by atoms with E-state index in [9.17, 15) is 9.59 Å². The molecule has 1 aliphatic rings. The summed E-state index contributed by atoms with van der Waals surface area (Å²) in [5.41, 5.74) is 3.36. The van der Waals surface area contributed by atoms with E-state index >= 15 is 0 Å². The lowest BCUT2D eigenvalue weighted by Crippen LogP contribution is -2.32. The Morgan fingerprint density at radius 1 is 0.882 bits per heavy atom. The van der Waals surface area contributed by atoms with Crippen LogP contribution in [0.1, 0.15) is 31.9 Å². The molecule has 1 heterocycles. The number of carbonyl (C=O) groups excluding carboxylic acids is 2. The number of carbonyl (C=O) groups is 2. The lowest BCUT2D eigenvalue weighted by Gasteiger charge is -2.17. The zero-order valence-electron chi connectivity index (χ0n) is 19.8. The van der Waals surface area contributed by atoms with Crippen molar-refractivity contribution in [2.24, 2.45) is 0 Å². The number of ether oxygens (including phenoxy) is 2. The van der Waals surface area contributed by atoms with Crippen molar-refractivity contribution in [1.29, 1.82) is 0 Å². The van der Waals surface area contributed by atoms with Crippen molar-refractivity contribution in [2.75, 3.05) is 16.8 Å². The Bertz CT molecular complexity index is 1230. The van der Waals surface area contributed by atoms with Crippen LogP contribution >= 0.6 is 0 Å². The molecular weight excluding hydrogens is 428 g/mol. The Kier molecular flexibility index (Phi) is 6.68. The van der Waals surface area contributed by atoms with Crippen molar-refractivity contribution in [3.63, 3.8) is 0 Å². The molecule has 0 saturated carbocycles. The number of benzene rings is 3. The van der Waals surface area contributed by atoms with Crippen LogP contribution < -0.4 is 19.7 Å². The van der Waals surface area contributed by atoms with Crippen molar-refractivity contribution in [1.82, 2.24) is 0 Å². The fourth-order valence-corrected chi connectivity index (χ4v) is 3.80. The molecule has 1 aliphatic heterocycles. The summed E-state index contributed by atoms with van der Waals surface area (Å²) in [5, 5.41) is 3.19. The van der Waals surface area contributed by atoms with Gasteiger partial charge in [0, 0.05) is 0 Å². The van der Waals surface area contributed by atoms with Crippen molar-refractivity contribution >= 4 is 28.8 Å². The molecule has 3 aromatic rings. The van der Waals surface area contributed by atoms with Gasteiger partial charge in [0.1, 0.15) is 17.2 Å². The van der Waals surface area contributed by atoms with Crippen molar-refractivity contribution in [3.05, 3.63) is 89.6 Å². The number of nitrogens with zero attached hydrogens (tertiary/aromatic N) is 1. The minimum Gasteiger partial charge on any atom is -0.492 e. The summed E-state index contributed by atoms with van der Waals surface area (Å²) in [5.74, 6) is 0.468. The van der Waals surface area contributed by atoms with E-state index in [1.807, 2.05) is 76.2 Å². The molecule has 174 valence electrons. The molecule has 4 rings (SSSR count). The van der Waals surface area contributed by atoms with Gasteiger partial charge in [-0.2, -0.15) is 0 Å². The van der Waals surface area contributed by atoms with E-state index in [0.29, 0.717) is 40.6 Å². The van der Waals surface area contributed by atoms with Crippen LogP contribution in [0.25, 0.3) is 5.57 Å². The second kappa shape index (κ2) is 9.83. The van der Waals surface area contributed by atoms with E-state index in [1.54, 1.807) is 24.3 Å². The summed E-state index contributed by atoms with van der Waals surface area (Å²) >= 11 is 0. The molecule has 0 aliphatic carbocycles. The van der Waals surface area contributed by atoms with Gasteiger partial charge in [0.2, 0.25) is 0 Å². The molecule has 0 fully saturated rings. The number of rotatable bonds is 8. The number of aryl methyl sites for hydroxylation is 1. The predicted octanol–water partition coefficient (Wildman–Crippen LogP) is 5.58. The van der Waals surface area contributed by atoms with E-state index in [1.165, 1.54) is 4.90 Å². The molecule has 1 N–H and O–H groups in total. The quantitative estimate of drug-likeness (QED) is 0.449. The first-order valence-electron chi connectivity index (χ1n) is 11.3. The number of para-hydroxylation sites is 2. The third-order valence-corrected chi connectivity index (χ3v) is 5.34. The molecular formula is C28H28N2O4. The molecule has 0 bridgehead atoms. The maximum atomic E-state index is 13.6. The topological polar surface area (TPSA) is 67.9 Å². The Balaban J connectivity index is 1.76. The van der Waals surface area contributed by atoms with Crippen LogP contribution in [0.4, 0.5) is 11.4 Å². The maximum absolute atomic E-state index is 13.6. The zero-order valence-corrected chi connectivity index (χ0v) is 19.8. The summed E-state index contributed by atoms with van der Waals surface area (Å²) < 4.78 is 11.4. The smallest absolute Gasteiger partial charge is 0.282 e. The van der Waals surface area contributed by atoms with Gasteiger partial charge in [-0.05, 0) is 69.7 Å². The van der Waals surface area contributed by atoms with E-state index in [0.717, 1.165) is 5.56 Å². The lowest BCUT2D eigenvalue weighted by atomic mass is 10.0. The number of imide groups is 1. The van der Waals surface area contributed by atoms with Crippen LogP contribution in [0.5, 0.6) is 11.5 Å². The molecule has 6 nitrogen and oxygen atoms in total. The third-order valence-electron chi connectivity index (χ3n) is 5.34. The van der Waals surface area contributed by atoms with Gasteiger partial charge in [-0.25, -0.2) is 4.90 Å². The molecule has 6 heteroatoms. The SMILES string of the molecule is CCOc1ccccc1NC1=C(c2ccc(C)cc2)C(=O)N(c2ccc(OC(C)C)cc2)C1=O.